The number of esters is 1. The van der Waals surface area contributed by atoms with Crippen molar-refractivity contribution in [2.45, 2.75) is 6.92 Å². The minimum Gasteiger partial charge on any atom is -0.449 e. The number of para-hydroxylation sites is 1. The molecule has 0 aliphatic heterocycles. The lowest BCUT2D eigenvalue weighted by atomic mass is 10.2. The molecule has 3 aromatic rings. The molecule has 0 radical (unpaired) electrons. The summed E-state index contributed by atoms with van der Waals surface area (Å²) >= 11 is 3.38. The molecule has 0 fully saturated rings. The first-order valence-electron chi connectivity index (χ1n) is 6.10. The first-order chi connectivity index (χ1) is 9.63. The molecule has 3 rings (SSSR count). The Morgan fingerprint density at radius 3 is 2.75 bits per heavy atom. The fourth-order valence-electron chi connectivity index (χ4n) is 1.94. The summed E-state index contributed by atoms with van der Waals surface area (Å²) in [6.07, 6.45) is 0. The van der Waals surface area contributed by atoms with E-state index in [-0.39, 0.29) is 5.76 Å². The summed E-state index contributed by atoms with van der Waals surface area (Å²) in [7, 11) is 0. The molecule has 0 N–H and O–H groups in total. The van der Waals surface area contributed by atoms with Crippen LogP contribution >= 0.6 is 15.9 Å². The third kappa shape index (κ3) is 2.47. The van der Waals surface area contributed by atoms with Gasteiger partial charge in [-0.1, -0.05) is 34.1 Å². The average molecular weight is 331 g/mol. The zero-order valence-corrected chi connectivity index (χ0v) is 12.3. The van der Waals surface area contributed by atoms with Crippen molar-refractivity contribution in [3.8, 4) is 5.75 Å². The van der Waals surface area contributed by atoms with Crippen molar-refractivity contribution in [2.24, 2.45) is 0 Å². The van der Waals surface area contributed by atoms with Crippen LogP contribution in [0.4, 0.5) is 0 Å². The Bertz CT molecular complexity index is 789. The van der Waals surface area contributed by atoms with Crippen LogP contribution in [0.15, 0.2) is 57.4 Å². The van der Waals surface area contributed by atoms with Crippen LogP contribution in [0.2, 0.25) is 0 Å². The molecular weight excluding hydrogens is 320 g/mol. The van der Waals surface area contributed by atoms with Crippen LogP contribution in [0, 0.1) is 6.92 Å². The highest BCUT2D eigenvalue weighted by molar-refractivity contribution is 9.10. The molecule has 0 atom stereocenters. The fraction of sp³-hybridized carbons (Fsp3) is 0.0625. The number of carbonyl (C=O) groups is 1. The van der Waals surface area contributed by atoms with Crippen molar-refractivity contribution < 1.29 is 13.9 Å². The summed E-state index contributed by atoms with van der Waals surface area (Å²) in [5.41, 5.74) is 1.56. The third-order valence-corrected chi connectivity index (χ3v) is 3.47. The molecule has 4 heteroatoms. The van der Waals surface area contributed by atoms with Crippen molar-refractivity contribution in [3.05, 3.63) is 64.3 Å². The van der Waals surface area contributed by atoms with Gasteiger partial charge in [0, 0.05) is 9.86 Å². The lowest BCUT2D eigenvalue weighted by Crippen LogP contribution is -2.07. The number of carbonyl (C=O) groups excluding carboxylic acids is 1. The number of rotatable bonds is 2. The summed E-state index contributed by atoms with van der Waals surface area (Å²) < 4.78 is 11.8. The second kappa shape index (κ2) is 5.13. The SMILES string of the molecule is Cc1ccccc1OC(=O)c1cc2cc(Br)ccc2o1. The maximum Gasteiger partial charge on any atom is 0.379 e. The minimum absolute atomic E-state index is 0.196. The molecule has 0 amide bonds. The number of hydrogen-bond donors (Lipinski definition) is 0. The predicted molar refractivity (Wildman–Crippen MR) is 80.1 cm³/mol. The molecule has 0 unspecified atom stereocenters. The van der Waals surface area contributed by atoms with Crippen LogP contribution in [0.1, 0.15) is 16.1 Å². The van der Waals surface area contributed by atoms with E-state index >= 15 is 0 Å². The first kappa shape index (κ1) is 12.9. The third-order valence-electron chi connectivity index (χ3n) is 2.98. The second-order valence-corrected chi connectivity index (χ2v) is 5.36. The number of halogens is 1. The number of benzene rings is 2. The lowest BCUT2D eigenvalue weighted by molar-refractivity contribution is 0.0702. The van der Waals surface area contributed by atoms with Gasteiger partial charge in [-0.05, 0) is 42.8 Å². The van der Waals surface area contributed by atoms with Crippen molar-refractivity contribution in [3.63, 3.8) is 0 Å². The zero-order valence-electron chi connectivity index (χ0n) is 10.7. The van der Waals surface area contributed by atoms with Crippen LogP contribution in [-0.4, -0.2) is 5.97 Å². The average Bonchev–Trinajstić information content (AvgIpc) is 2.84. The highest BCUT2D eigenvalue weighted by atomic mass is 79.9. The van der Waals surface area contributed by atoms with Gasteiger partial charge in [-0.15, -0.1) is 0 Å². The molecule has 1 aromatic heterocycles. The Balaban J connectivity index is 1.91. The van der Waals surface area contributed by atoms with Crippen molar-refractivity contribution >= 4 is 32.9 Å². The molecule has 0 spiro atoms. The molecular formula is C16H11BrO3. The largest absolute Gasteiger partial charge is 0.449 e. The summed E-state index contributed by atoms with van der Waals surface area (Å²) in [5.74, 6) is 0.243. The highest BCUT2D eigenvalue weighted by Gasteiger charge is 2.15. The Kier molecular flexibility index (Phi) is 3.32. The molecule has 0 bridgehead atoms. The molecule has 0 saturated heterocycles. The molecule has 100 valence electrons. The molecule has 20 heavy (non-hydrogen) atoms. The van der Waals surface area contributed by atoms with Crippen LogP contribution in [0.25, 0.3) is 11.0 Å². The molecule has 0 saturated carbocycles. The van der Waals surface area contributed by atoms with E-state index in [2.05, 4.69) is 15.9 Å². The van der Waals surface area contributed by atoms with Gasteiger partial charge in [0.25, 0.3) is 0 Å². The Morgan fingerprint density at radius 1 is 1.15 bits per heavy atom. The smallest absolute Gasteiger partial charge is 0.379 e. The number of aryl methyl sites for hydroxylation is 1. The summed E-state index contributed by atoms with van der Waals surface area (Å²) in [6, 6.07) is 14.6. The van der Waals surface area contributed by atoms with Crippen molar-refractivity contribution in [1.29, 1.82) is 0 Å². The Morgan fingerprint density at radius 2 is 1.95 bits per heavy atom. The molecule has 0 aliphatic rings. The molecule has 3 nitrogen and oxygen atoms in total. The zero-order chi connectivity index (χ0) is 14.1. The van der Waals surface area contributed by atoms with Crippen LogP contribution in [-0.2, 0) is 0 Å². The van der Waals surface area contributed by atoms with Gasteiger partial charge in [0.1, 0.15) is 11.3 Å². The fourth-order valence-corrected chi connectivity index (χ4v) is 2.31. The van der Waals surface area contributed by atoms with Crippen LogP contribution in [0.5, 0.6) is 5.75 Å². The van der Waals surface area contributed by atoms with Gasteiger partial charge in [-0.2, -0.15) is 0 Å². The summed E-state index contributed by atoms with van der Waals surface area (Å²) in [6.45, 7) is 1.89. The summed E-state index contributed by atoms with van der Waals surface area (Å²) in [4.78, 5) is 12.1. The number of furan rings is 1. The first-order valence-corrected chi connectivity index (χ1v) is 6.90. The van der Waals surface area contributed by atoms with Crippen molar-refractivity contribution in [2.75, 3.05) is 0 Å². The maximum absolute atomic E-state index is 12.1. The van der Waals surface area contributed by atoms with E-state index < -0.39 is 5.97 Å². The molecule has 2 aromatic carbocycles. The van der Waals surface area contributed by atoms with E-state index in [9.17, 15) is 4.79 Å². The van der Waals surface area contributed by atoms with Gasteiger partial charge in [-0.25, -0.2) is 4.79 Å². The van der Waals surface area contributed by atoms with Gasteiger partial charge in [0.05, 0.1) is 0 Å². The number of ether oxygens (including phenoxy) is 1. The van der Waals surface area contributed by atoms with Crippen molar-refractivity contribution in [1.82, 2.24) is 0 Å². The van der Waals surface area contributed by atoms with Gasteiger partial charge in [0.2, 0.25) is 5.76 Å². The van der Waals surface area contributed by atoms with Crippen LogP contribution in [0.3, 0.4) is 0 Å². The van der Waals surface area contributed by atoms with E-state index in [4.69, 9.17) is 9.15 Å². The quantitative estimate of drug-likeness (QED) is 0.504. The monoisotopic (exact) mass is 330 g/mol. The lowest BCUT2D eigenvalue weighted by Gasteiger charge is -2.04. The van der Waals surface area contributed by atoms with E-state index in [1.165, 1.54) is 0 Å². The second-order valence-electron chi connectivity index (χ2n) is 4.45. The molecule has 1 heterocycles. The predicted octanol–water partition coefficient (Wildman–Crippen LogP) is 4.72. The number of hydrogen-bond acceptors (Lipinski definition) is 3. The Hall–Kier alpha value is -2.07. The van der Waals surface area contributed by atoms with Gasteiger partial charge in [-0.3, -0.25) is 0 Å². The summed E-state index contributed by atoms with van der Waals surface area (Å²) in [5, 5.41) is 0.858. The minimum atomic E-state index is -0.494. The Labute approximate surface area is 124 Å². The topological polar surface area (TPSA) is 39.4 Å². The highest BCUT2D eigenvalue weighted by Crippen LogP contribution is 2.25. The maximum atomic E-state index is 12.1. The van der Waals surface area contributed by atoms with Crippen LogP contribution < -0.4 is 4.74 Å². The number of fused-ring (bicyclic) bond motifs is 1. The van der Waals surface area contributed by atoms with E-state index in [1.54, 1.807) is 12.1 Å². The van der Waals surface area contributed by atoms with Gasteiger partial charge in [0.15, 0.2) is 0 Å². The van der Waals surface area contributed by atoms with Gasteiger partial charge >= 0.3 is 5.97 Å². The standard InChI is InChI=1S/C16H11BrO3/c1-10-4-2-3-5-13(10)20-16(18)15-9-11-8-12(17)6-7-14(11)19-15/h2-9H,1H3. The van der Waals surface area contributed by atoms with E-state index in [1.807, 2.05) is 43.3 Å². The van der Waals surface area contributed by atoms with E-state index in [0.717, 1.165) is 15.4 Å². The molecule has 0 aliphatic carbocycles. The van der Waals surface area contributed by atoms with Gasteiger partial charge < -0.3 is 9.15 Å². The normalized spacial score (nSPS) is 10.7. The van der Waals surface area contributed by atoms with E-state index in [0.29, 0.717) is 11.3 Å².